The Morgan fingerprint density at radius 1 is 1.19 bits per heavy atom. The quantitative estimate of drug-likeness (QED) is 0.392. The van der Waals surface area contributed by atoms with E-state index in [2.05, 4.69) is 15.1 Å². The Labute approximate surface area is 189 Å². The molecule has 0 aliphatic heterocycles. The Hall–Kier alpha value is -3.59. The van der Waals surface area contributed by atoms with Crippen molar-refractivity contribution in [1.82, 2.24) is 19.7 Å². The van der Waals surface area contributed by atoms with Crippen LogP contribution in [0.4, 0.5) is 10.8 Å². The van der Waals surface area contributed by atoms with E-state index in [-0.39, 0.29) is 18.6 Å². The first-order valence-corrected chi connectivity index (χ1v) is 11.0. The molecule has 0 saturated carbocycles. The van der Waals surface area contributed by atoms with Gasteiger partial charge in [0.05, 0.1) is 28.5 Å². The van der Waals surface area contributed by atoms with Gasteiger partial charge in [0.1, 0.15) is 6.61 Å². The molecule has 3 heterocycles. The number of pyridine rings is 1. The fourth-order valence-corrected chi connectivity index (χ4v) is 4.25. The molecule has 0 atom stereocenters. The van der Waals surface area contributed by atoms with Crippen LogP contribution in [0.2, 0.25) is 0 Å². The molecule has 164 valence electrons. The zero-order chi connectivity index (χ0) is 22.8. The van der Waals surface area contributed by atoms with E-state index >= 15 is 0 Å². The average molecular weight is 450 g/mol. The number of rotatable bonds is 6. The largest absolute Gasteiger partial charge is 0.456 e. The van der Waals surface area contributed by atoms with Crippen LogP contribution in [0.3, 0.4) is 0 Å². The first-order valence-electron chi connectivity index (χ1n) is 10.2. The molecule has 1 amide bonds. The van der Waals surface area contributed by atoms with Crippen LogP contribution in [0.25, 0.3) is 11.0 Å². The predicted octanol–water partition coefficient (Wildman–Crippen LogP) is 4.82. The standard InChI is InChI=1S/C23H23N5O3S/c1-14(2)28-21-20(11-24-28)19(10-15(3)25-21)22(30)31-12-17-13-32-23(26-17)27(16(4)29)18-8-6-5-7-9-18/h5-11,13-14H,12H2,1-4H3. The number of carbonyl (C=O) groups excluding carboxylic acids is 2. The summed E-state index contributed by atoms with van der Waals surface area (Å²) in [4.78, 5) is 35.6. The number of nitrogens with zero attached hydrogens (tertiary/aromatic N) is 5. The second-order valence-corrected chi connectivity index (χ2v) is 8.46. The molecule has 4 aromatic rings. The highest BCUT2D eigenvalue weighted by Gasteiger charge is 2.20. The number of amides is 1. The molecule has 0 radical (unpaired) electrons. The minimum absolute atomic E-state index is 0.00293. The topological polar surface area (TPSA) is 90.2 Å². The number of para-hydroxylation sites is 1. The number of hydrogen-bond acceptors (Lipinski definition) is 7. The van der Waals surface area contributed by atoms with Crippen LogP contribution in [0.1, 0.15) is 48.6 Å². The second-order valence-electron chi connectivity index (χ2n) is 7.62. The summed E-state index contributed by atoms with van der Waals surface area (Å²) in [7, 11) is 0. The summed E-state index contributed by atoms with van der Waals surface area (Å²) in [6.07, 6.45) is 1.64. The average Bonchev–Trinajstić information content (AvgIpc) is 3.39. The summed E-state index contributed by atoms with van der Waals surface area (Å²) in [5.74, 6) is -0.615. The van der Waals surface area contributed by atoms with Gasteiger partial charge in [-0.15, -0.1) is 11.3 Å². The highest BCUT2D eigenvalue weighted by molar-refractivity contribution is 7.14. The van der Waals surface area contributed by atoms with Gasteiger partial charge < -0.3 is 4.74 Å². The Kier molecular flexibility index (Phi) is 6.00. The van der Waals surface area contributed by atoms with E-state index < -0.39 is 5.97 Å². The lowest BCUT2D eigenvalue weighted by Crippen LogP contribution is -2.22. The molecule has 0 N–H and O–H groups in total. The summed E-state index contributed by atoms with van der Waals surface area (Å²) < 4.78 is 7.33. The molecule has 8 nitrogen and oxygen atoms in total. The second kappa shape index (κ2) is 8.88. The van der Waals surface area contributed by atoms with Crippen LogP contribution >= 0.6 is 11.3 Å². The number of aryl methyl sites for hydroxylation is 1. The molecule has 0 saturated heterocycles. The van der Waals surface area contributed by atoms with Crippen molar-refractivity contribution < 1.29 is 14.3 Å². The molecule has 3 aromatic heterocycles. The van der Waals surface area contributed by atoms with Gasteiger partial charge >= 0.3 is 5.97 Å². The molecule has 0 aliphatic carbocycles. The first kappa shape index (κ1) is 21.6. The Balaban J connectivity index is 1.53. The third-order valence-corrected chi connectivity index (χ3v) is 5.69. The van der Waals surface area contributed by atoms with E-state index in [0.717, 1.165) is 5.69 Å². The van der Waals surface area contributed by atoms with Gasteiger partial charge in [-0.2, -0.15) is 5.10 Å². The predicted molar refractivity (Wildman–Crippen MR) is 123 cm³/mol. The van der Waals surface area contributed by atoms with Crippen LogP contribution in [0.5, 0.6) is 0 Å². The number of carbonyl (C=O) groups is 2. The minimum Gasteiger partial charge on any atom is -0.456 e. The van der Waals surface area contributed by atoms with Gasteiger partial charge in [0, 0.05) is 24.0 Å². The SMILES string of the molecule is CC(=O)N(c1ccccc1)c1nc(COC(=O)c2cc(C)nc3c2cnn3C(C)C)cs1. The van der Waals surface area contributed by atoms with Gasteiger partial charge in [-0.3, -0.25) is 9.69 Å². The van der Waals surface area contributed by atoms with Gasteiger partial charge in [0.25, 0.3) is 0 Å². The number of anilines is 2. The number of benzene rings is 1. The van der Waals surface area contributed by atoms with E-state index in [1.165, 1.54) is 23.2 Å². The van der Waals surface area contributed by atoms with E-state index in [1.54, 1.807) is 22.3 Å². The van der Waals surface area contributed by atoms with Crippen LogP contribution in [0.15, 0.2) is 48.0 Å². The fraction of sp³-hybridized carbons (Fsp3) is 0.261. The third kappa shape index (κ3) is 4.24. The summed E-state index contributed by atoms with van der Waals surface area (Å²) in [6.45, 7) is 7.34. The Morgan fingerprint density at radius 2 is 1.94 bits per heavy atom. The molecular weight excluding hydrogens is 426 g/mol. The smallest absolute Gasteiger partial charge is 0.339 e. The van der Waals surface area contributed by atoms with Crippen LogP contribution in [0, 0.1) is 6.92 Å². The third-order valence-electron chi connectivity index (χ3n) is 4.82. The van der Waals surface area contributed by atoms with Crippen molar-refractivity contribution in [2.45, 2.75) is 40.3 Å². The van der Waals surface area contributed by atoms with Crippen molar-refractivity contribution >= 4 is 45.1 Å². The number of thiazole rings is 1. The maximum Gasteiger partial charge on any atom is 0.339 e. The molecule has 0 unspecified atom stereocenters. The summed E-state index contributed by atoms with van der Waals surface area (Å²) in [5.41, 5.74) is 3.09. The van der Waals surface area contributed by atoms with Crippen molar-refractivity contribution in [3.8, 4) is 0 Å². The highest BCUT2D eigenvalue weighted by Crippen LogP contribution is 2.29. The maximum absolute atomic E-state index is 12.9. The van der Waals surface area contributed by atoms with Crippen LogP contribution in [-0.2, 0) is 16.1 Å². The van der Waals surface area contributed by atoms with E-state index in [0.29, 0.717) is 33.1 Å². The monoisotopic (exact) mass is 449 g/mol. The van der Waals surface area contributed by atoms with Crippen molar-refractivity contribution in [1.29, 1.82) is 0 Å². The fourth-order valence-electron chi connectivity index (χ4n) is 3.38. The summed E-state index contributed by atoms with van der Waals surface area (Å²) >= 11 is 1.32. The lowest BCUT2D eigenvalue weighted by atomic mass is 10.1. The highest BCUT2D eigenvalue weighted by atomic mass is 32.1. The van der Waals surface area contributed by atoms with Crippen molar-refractivity contribution in [3.05, 3.63) is 64.9 Å². The van der Waals surface area contributed by atoms with Crippen LogP contribution in [-0.4, -0.2) is 31.6 Å². The number of aromatic nitrogens is 4. The van der Waals surface area contributed by atoms with Gasteiger partial charge in [-0.25, -0.2) is 19.4 Å². The number of hydrogen-bond donors (Lipinski definition) is 0. The summed E-state index contributed by atoms with van der Waals surface area (Å²) in [5, 5.41) is 7.32. The number of fused-ring (bicyclic) bond motifs is 1. The zero-order valence-electron chi connectivity index (χ0n) is 18.3. The van der Waals surface area contributed by atoms with Crippen molar-refractivity contribution in [3.63, 3.8) is 0 Å². The summed E-state index contributed by atoms with van der Waals surface area (Å²) in [6, 6.07) is 11.1. The van der Waals surface area contributed by atoms with Crippen molar-refractivity contribution in [2.75, 3.05) is 4.90 Å². The van der Waals surface area contributed by atoms with E-state index in [4.69, 9.17) is 4.74 Å². The molecule has 0 bridgehead atoms. The Morgan fingerprint density at radius 3 is 2.62 bits per heavy atom. The Bertz CT molecular complexity index is 1280. The number of esters is 1. The lowest BCUT2D eigenvalue weighted by molar-refractivity contribution is -0.115. The molecule has 9 heteroatoms. The minimum atomic E-state index is -0.468. The molecule has 32 heavy (non-hydrogen) atoms. The van der Waals surface area contributed by atoms with E-state index in [9.17, 15) is 9.59 Å². The molecule has 0 fully saturated rings. The van der Waals surface area contributed by atoms with Crippen molar-refractivity contribution in [2.24, 2.45) is 0 Å². The van der Waals surface area contributed by atoms with Crippen LogP contribution < -0.4 is 4.90 Å². The van der Waals surface area contributed by atoms with Gasteiger partial charge in [0.2, 0.25) is 5.91 Å². The molecular formula is C23H23N5O3S. The van der Waals surface area contributed by atoms with Gasteiger partial charge in [0.15, 0.2) is 10.8 Å². The van der Waals surface area contributed by atoms with Gasteiger partial charge in [-0.1, -0.05) is 18.2 Å². The van der Waals surface area contributed by atoms with Gasteiger partial charge in [-0.05, 0) is 39.0 Å². The zero-order valence-corrected chi connectivity index (χ0v) is 19.1. The molecule has 4 rings (SSSR count). The first-order chi connectivity index (χ1) is 15.3. The number of ether oxygens (including phenoxy) is 1. The maximum atomic E-state index is 12.9. The lowest BCUT2D eigenvalue weighted by Gasteiger charge is -2.17. The molecule has 0 aliphatic rings. The molecule has 1 aromatic carbocycles. The normalized spacial score (nSPS) is 11.2. The molecule has 0 spiro atoms. The van der Waals surface area contributed by atoms with E-state index in [1.807, 2.05) is 51.1 Å².